The van der Waals surface area contributed by atoms with Crippen molar-refractivity contribution < 1.29 is 8.42 Å². The zero-order valence-corrected chi connectivity index (χ0v) is 9.14. The van der Waals surface area contributed by atoms with Crippen molar-refractivity contribution in [2.45, 2.75) is 4.90 Å². The number of nitriles is 1. The van der Waals surface area contributed by atoms with Crippen molar-refractivity contribution in [3.63, 3.8) is 0 Å². The van der Waals surface area contributed by atoms with Gasteiger partial charge in [-0.25, -0.2) is 23.2 Å². The minimum absolute atomic E-state index is 0.0299. The fourth-order valence-electron chi connectivity index (χ4n) is 1.13. The van der Waals surface area contributed by atoms with Crippen molar-refractivity contribution in [2.75, 3.05) is 4.72 Å². The molecule has 86 valence electrons. The summed E-state index contributed by atoms with van der Waals surface area (Å²) < 4.78 is 25.9. The van der Waals surface area contributed by atoms with Crippen LogP contribution in [0.25, 0.3) is 0 Å². The number of rotatable bonds is 3. The summed E-state index contributed by atoms with van der Waals surface area (Å²) in [5, 5.41) is 14.6. The lowest BCUT2D eigenvalue weighted by Crippen LogP contribution is -2.15. The molecule has 0 unspecified atom stereocenters. The predicted octanol–water partition coefficient (Wildman–Crippen LogP) is -0.128. The first kappa shape index (κ1) is 11.0. The van der Waals surface area contributed by atoms with Gasteiger partial charge in [-0.2, -0.15) is 15.3 Å². The van der Waals surface area contributed by atoms with Gasteiger partial charge >= 0.3 is 0 Å². The Hall–Kier alpha value is -2.47. The molecule has 0 bridgehead atoms. The van der Waals surface area contributed by atoms with Gasteiger partial charge in [-0.1, -0.05) is 0 Å². The number of sulfonamides is 1. The van der Waals surface area contributed by atoms with Crippen molar-refractivity contribution in [3.8, 4) is 6.07 Å². The average molecular weight is 250 g/mol. The molecule has 2 N–H and O–H groups in total. The van der Waals surface area contributed by atoms with E-state index in [1.165, 1.54) is 18.3 Å². The number of hydrogen-bond donors (Lipinski definition) is 2. The lowest BCUT2D eigenvalue weighted by Gasteiger charge is -2.05. The van der Waals surface area contributed by atoms with E-state index in [-0.39, 0.29) is 16.5 Å². The molecule has 0 aromatic carbocycles. The third-order valence-electron chi connectivity index (χ3n) is 1.81. The monoisotopic (exact) mass is 250 g/mol. The summed E-state index contributed by atoms with van der Waals surface area (Å²) >= 11 is 0. The first-order chi connectivity index (χ1) is 8.13. The van der Waals surface area contributed by atoms with Crippen LogP contribution in [-0.4, -0.2) is 28.6 Å². The second-order valence-corrected chi connectivity index (χ2v) is 4.55. The Morgan fingerprint density at radius 3 is 2.88 bits per heavy atom. The Labute approximate surface area is 96.4 Å². The van der Waals surface area contributed by atoms with E-state index in [9.17, 15) is 8.42 Å². The molecule has 0 radical (unpaired) electrons. The van der Waals surface area contributed by atoms with E-state index < -0.39 is 10.0 Å². The number of pyridine rings is 1. The van der Waals surface area contributed by atoms with Crippen molar-refractivity contribution >= 4 is 16.0 Å². The third kappa shape index (κ3) is 2.21. The highest BCUT2D eigenvalue weighted by molar-refractivity contribution is 7.92. The van der Waals surface area contributed by atoms with Crippen LogP contribution >= 0.6 is 0 Å². The summed E-state index contributed by atoms with van der Waals surface area (Å²) in [6, 6.07) is 4.41. The SMILES string of the molecule is N#Cc1ncccc1S(=O)(=O)Nc1ncn[nH]1. The van der Waals surface area contributed by atoms with Crippen molar-refractivity contribution in [3.05, 3.63) is 30.4 Å². The van der Waals surface area contributed by atoms with Crippen LogP contribution in [0, 0.1) is 11.3 Å². The molecule has 0 amide bonds. The van der Waals surface area contributed by atoms with E-state index in [2.05, 4.69) is 24.9 Å². The second kappa shape index (κ2) is 4.18. The minimum Gasteiger partial charge on any atom is -0.247 e. The lowest BCUT2D eigenvalue weighted by molar-refractivity contribution is 0.600. The van der Waals surface area contributed by atoms with E-state index in [4.69, 9.17) is 5.26 Å². The Morgan fingerprint density at radius 2 is 2.24 bits per heavy atom. The van der Waals surface area contributed by atoms with Gasteiger partial charge < -0.3 is 0 Å². The Bertz CT molecular complexity index is 658. The Balaban J connectivity index is 2.42. The van der Waals surface area contributed by atoms with Crippen LogP contribution in [0.5, 0.6) is 0 Å². The van der Waals surface area contributed by atoms with Crippen LogP contribution in [0.3, 0.4) is 0 Å². The molecule has 0 atom stereocenters. The van der Waals surface area contributed by atoms with Crippen LogP contribution < -0.4 is 4.72 Å². The van der Waals surface area contributed by atoms with Crippen LogP contribution in [-0.2, 0) is 10.0 Å². The van der Waals surface area contributed by atoms with Gasteiger partial charge in [0, 0.05) is 6.20 Å². The molecule has 0 aliphatic carbocycles. The van der Waals surface area contributed by atoms with Crippen LogP contribution in [0.4, 0.5) is 5.95 Å². The fraction of sp³-hybridized carbons (Fsp3) is 0. The zero-order chi connectivity index (χ0) is 12.3. The number of aromatic amines is 1. The molecule has 9 heteroatoms. The van der Waals surface area contributed by atoms with Gasteiger partial charge in [-0.3, -0.25) is 0 Å². The van der Waals surface area contributed by atoms with Gasteiger partial charge in [0.1, 0.15) is 17.3 Å². The first-order valence-corrected chi connectivity index (χ1v) is 5.85. The number of anilines is 1. The maximum atomic E-state index is 11.9. The number of H-pyrrole nitrogens is 1. The molecule has 0 fully saturated rings. The molecule has 2 heterocycles. The smallest absolute Gasteiger partial charge is 0.247 e. The summed E-state index contributed by atoms with van der Waals surface area (Å²) in [6.45, 7) is 0. The predicted molar refractivity (Wildman–Crippen MR) is 56.1 cm³/mol. The summed E-state index contributed by atoms with van der Waals surface area (Å²) in [5.41, 5.74) is -0.181. The van der Waals surface area contributed by atoms with E-state index in [0.29, 0.717) is 0 Å². The molecule has 0 aliphatic heterocycles. The number of nitrogens with zero attached hydrogens (tertiary/aromatic N) is 4. The Kier molecular flexibility index (Phi) is 2.71. The Morgan fingerprint density at radius 1 is 1.41 bits per heavy atom. The van der Waals surface area contributed by atoms with Gasteiger partial charge in [0.15, 0.2) is 5.69 Å². The topological polar surface area (TPSA) is 124 Å². The van der Waals surface area contributed by atoms with Crippen molar-refractivity contribution in [1.29, 1.82) is 5.26 Å². The molecule has 0 saturated heterocycles. The first-order valence-electron chi connectivity index (χ1n) is 4.37. The van der Waals surface area contributed by atoms with Crippen molar-refractivity contribution in [1.82, 2.24) is 20.2 Å². The summed E-state index contributed by atoms with van der Waals surface area (Å²) in [6.07, 6.45) is 2.50. The normalized spacial score (nSPS) is 10.8. The highest BCUT2D eigenvalue weighted by Crippen LogP contribution is 2.14. The van der Waals surface area contributed by atoms with Crippen LogP contribution in [0.15, 0.2) is 29.6 Å². The van der Waals surface area contributed by atoms with E-state index in [1.807, 2.05) is 0 Å². The molecule has 2 rings (SSSR count). The zero-order valence-electron chi connectivity index (χ0n) is 8.32. The van der Waals surface area contributed by atoms with Crippen LogP contribution in [0.2, 0.25) is 0 Å². The average Bonchev–Trinajstić information content (AvgIpc) is 2.81. The molecular formula is C8H6N6O2S. The largest absolute Gasteiger partial charge is 0.267 e. The molecule has 0 aliphatic rings. The molecule has 2 aromatic rings. The van der Waals surface area contributed by atoms with E-state index >= 15 is 0 Å². The van der Waals surface area contributed by atoms with Gasteiger partial charge in [0.2, 0.25) is 5.95 Å². The maximum Gasteiger partial charge on any atom is 0.267 e. The molecule has 2 aromatic heterocycles. The highest BCUT2D eigenvalue weighted by atomic mass is 32.2. The van der Waals surface area contributed by atoms with E-state index in [1.54, 1.807) is 6.07 Å². The molecule has 8 nitrogen and oxygen atoms in total. The fourth-order valence-corrected chi connectivity index (χ4v) is 2.20. The second-order valence-electron chi connectivity index (χ2n) is 2.90. The van der Waals surface area contributed by atoms with Gasteiger partial charge in [-0.05, 0) is 12.1 Å². The molecular weight excluding hydrogens is 244 g/mol. The molecule has 0 spiro atoms. The van der Waals surface area contributed by atoms with Crippen molar-refractivity contribution in [2.24, 2.45) is 0 Å². The summed E-state index contributed by atoms with van der Waals surface area (Å²) in [4.78, 5) is 7.08. The molecule has 17 heavy (non-hydrogen) atoms. The highest BCUT2D eigenvalue weighted by Gasteiger charge is 2.20. The number of aromatic nitrogens is 4. The lowest BCUT2D eigenvalue weighted by atomic mass is 10.4. The third-order valence-corrected chi connectivity index (χ3v) is 3.18. The molecule has 0 saturated carbocycles. The summed E-state index contributed by atoms with van der Waals surface area (Å²) in [5.74, 6) is -0.0299. The minimum atomic E-state index is -3.89. The quantitative estimate of drug-likeness (QED) is 0.781. The standard InChI is InChI=1S/C8H6N6O2S/c9-4-6-7(2-1-3-10-6)17(15,16)14-8-11-5-12-13-8/h1-3,5H,(H2,11,12,13,14). The maximum absolute atomic E-state index is 11.9. The number of hydrogen-bond acceptors (Lipinski definition) is 6. The summed E-state index contributed by atoms with van der Waals surface area (Å²) in [7, 11) is -3.89. The van der Waals surface area contributed by atoms with Crippen LogP contribution in [0.1, 0.15) is 5.69 Å². The number of nitrogens with one attached hydrogen (secondary N) is 2. The van der Waals surface area contributed by atoms with Gasteiger partial charge in [-0.15, -0.1) is 0 Å². The van der Waals surface area contributed by atoms with Gasteiger partial charge in [0.25, 0.3) is 10.0 Å². The van der Waals surface area contributed by atoms with Gasteiger partial charge in [0.05, 0.1) is 0 Å². The van der Waals surface area contributed by atoms with E-state index in [0.717, 1.165) is 6.33 Å².